The summed E-state index contributed by atoms with van der Waals surface area (Å²) in [5.74, 6) is 1.16. The molecule has 0 radical (unpaired) electrons. The van der Waals surface area contributed by atoms with Crippen molar-refractivity contribution in [3.63, 3.8) is 0 Å². The monoisotopic (exact) mass is 467 g/mol. The molecule has 0 spiro atoms. The Hall–Kier alpha value is -3.84. The second-order valence-electron chi connectivity index (χ2n) is 9.04. The number of carbonyl (C=O) groups is 1. The number of fused-ring (bicyclic) bond motifs is 1. The van der Waals surface area contributed by atoms with Crippen LogP contribution in [0.3, 0.4) is 0 Å². The summed E-state index contributed by atoms with van der Waals surface area (Å²) in [5.41, 5.74) is 3.44. The largest absolute Gasteiger partial charge is 0.424 e. The van der Waals surface area contributed by atoms with E-state index in [1.54, 1.807) is 25.4 Å². The minimum atomic E-state index is 0.131. The summed E-state index contributed by atoms with van der Waals surface area (Å²) < 4.78 is 5.82. The van der Waals surface area contributed by atoms with Crippen molar-refractivity contribution < 1.29 is 9.53 Å². The fourth-order valence-corrected chi connectivity index (χ4v) is 4.79. The van der Waals surface area contributed by atoms with Gasteiger partial charge in [-0.2, -0.15) is 0 Å². The topological polar surface area (TPSA) is 71.5 Å². The highest BCUT2D eigenvalue weighted by Crippen LogP contribution is 2.24. The zero-order valence-corrected chi connectivity index (χ0v) is 19.9. The van der Waals surface area contributed by atoms with E-state index in [1.165, 1.54) is 5.56 Å². The van der Waals surface area contributed by atoms with Crippen LogP contribution in [0.5, 0.6) is 11.8 Å². The summed E-state index contributed by atoms with van der Waals surface area (Å²) >= 11 is 0. The van der Waals surface area contributed by atoms with Gasteiger partial charge in [0.05, 0.1) is 5.52 Å². The fourth-order valence-electron chi connectivity index (χ4n) is 4.79. The van der Waals surface area contributed by atoms with Gasteiger partial charge in [-0.25, -0.2) is 9.97 Å². The van der Waals surface area contributed by atoms with Crippen LogP contribution in [0.2, 0.25) is 0 Å². The highest BCUT2D eigenvalue weighted by molar-refractivity contribution is 5.81. The molecule has 0 N–H and O–H groups in total. The first-order chi connectivity index (χ1) is 17.1. The summed E-state index contributed by atoms with van der Waals surface area (Å²) in [5, 5.41) is 1.15. The molecule has 2 aromatic carbocycles. The van der Waals surface area contributed by atoms with Crippen molar-refractivity contribution in [2.24, 2.45) is 5.92 Å². The highest BCUT2D eigenvalue weighted by Gasteiger charge is 2.25. The number of hydrogen-bond acceptors (Lipinski definition) is 6. The molecule has 1 unspecified atom stereocenters. The van der Waals surface area contributed by atoms with Gasteiger partial charge in [0.15, 0.2) is 0 Å². The molecule has 1 fully saturated rings. The molecule has 35 heavy (non-hydrogen) atoms. The molecule has 1 amide bonds. The number of hydrogen-bond donors (Lipinski definition) is 0. The minimum absolute atomic E-state index is 0.131. The second-order valence-corrected chi connectivity index (χ2v) is 9.04. The van der Waals surface area contributed by atoms with Gasteiger partial charge in [-0.15, -0.1) is 0 Å². The van der Waals surface area contributed by atoms with Crippen LogP contribution in [0.25, 0.3) is 10.9 Å². The number of rotatable bonds is 6. The van der Waals surface area contributed by atoms with Crippen LogP contribution in [0.1, 0.15) is 18.1 Å². The first-order valence-electron chi connectivity index (χ1n) is 12.0. The van der Waals surface area contributed by atoms with Gasteiger partial charge in [-0.1, -0.05) is 36.4 Å². The van der Waals surface area contributed by atoms with Crippen LogP contribution in [-0.4, -0.2) is 56.8 Å². The number of benzene rings is 2. The van der Waals surface area contributed by atoms with Crippen LogP contribution in [0, 0.1) is 5.92 Å². The number of amides is 1. The SMILES string of the molecule is CC(=O)N1CCN(Cc2cccc(Oc3ncccn3)c2)CC(Cc2cccc3cccnc23)C1. The summed E-state index contributed by atoms with van der Waals surface area (Å²) in [4.78, 5) is 29.6. The van der Waals surface area contributed by atoms with Gasteiger partial charge in [-0.05, 0) is 47.7 Å². The molecule has 0 saturated carbocycles. The van der Waals surface area contributed by atoms with E-state index in [-0.39, 0.29) is 5.91 Å². The van der Waals surface area contributed by atoms with Crippen LogP contribution < -0.4 is 4.74 Å². The normalized spacial score (nSPS) is 16.7. The molecular weight excluding hydrogens is 438 g/mol. The Kier molecular flexibility index (Phi) is 6.95. The molecule has 0 bridgehead atoms. The number of ether oxygens (including phenoxy) is 1. The van der Waals surface area contributed by atoms with Crippen LogP contribution in [0.15, 0.2) is 79.3 Å². The lowest BCUT2D eigenvalue weighted by Gasteiger charge is -2.25. The van der Waals surface area contributed by atoms with Crippen LogP contribution in [0.4, 0.5) is 0 Å². The molecule has 4 aromatic rings. The smallest absolute Gasteiger partial charge is 0.321 e. The fraction of sp³-hybridized carbons (Fsp3) is 0.286. The van der Waals surface area contributed by atoms with Gasteiger partial charge in [0, 0.05) is 63.6 Å². The Morgan fingerprint density at radius 1 is 0.943 bits per heavy atom. The number of pyridine rings is 1. The molecular formula is C28H29N5O2. The van der Waals surface area contributed by atoms with E-state index < -0.39 is 0 Å². The molecule has 178 valence electrons. The lowest BCUT2D eigenvalue weighted by Crippen LogP contribution is -2.34. The molecule has 1 atom stereocenters. The van der Waals surface area contributed by atoms with E-state index in [1.807, 2.05) is 35.4 Å². The van der Waals surface area contributed by atoms with Crippen molar-refractivity contribution in [2.75, 3.05) is 26.2 Å². The third-order valence-corrected chi connectivity index (χ3v) is 6.41. The zero-order chi connectivity index (χ0) is 24.0. The average Bonchev–Trinajstić information content (AvgIpc) is 3.07. The predicted octanol–water partition coefficient (Wildman–Crippen LogP) is 4.34. The van der Waals surface area contributed by atoms with E-state index in [2.05, 4.69) is 50.2 Å². The lowest BCUT2D eigenvalue weighted by molar-refractivity contribution is -0.129. The standard InChI is InChI=1S/C28H29N5O2/c1-21(34)33-15-14-32(18-22-6-2-10-26(17-22)35-28-30-12-5-13-31-28)19-23(20-33)16-25-8-3-7-24-9-4-11-29-27(24)25/h2-13,17,23H,14-16,18-20H2,1H3. The summed E-state index contributed by atoms with van der Waals surface area (Å²) in [7, 11) is 0. The average molecular weight is 468 g/mol. The van der Waals surface area contributed by atoms with E-state index in [0.717, 1.165) is 55.6 Å². The number of nitrogens with zero attached hydrogens (tertiary/aromatic N) is 5. The van der Waals surface area contributed by atoms with Gasteiger partial charge in [0.1, 0.15) is 5.75 Å². The molecule has 2 aromatic heterocycles. The zero-order valence-electron chi connectivity index (χ0n) is 19.9. The van der Waals surface area contributed by atoms with Gasteiger partial charge in [0.25, 0.3) is 0 Å². The van der Waals surface area contributed by atoms with E-state index >= 15 is 0 Å². The molecule has 5 rings (SSSR count). The van der Waals surface area contributed by atoms with Crippen LogP contribution >= 0.6 is 0 Å². The molecule has 0 aliphatic carbocycles. The quantitative estimate of drug-likeness (QED) is 0.420. The van der Waals surface area contributed by atoms with Crippen molar-refractivity contribution >= 4 is 16.8 Å². The molecule has 1 saturated heterocycles. The summed E-state index contributed by atoms with van der Waals surface area (Å²) in [6.07, 6.45) is 6.05. The van der Waals surface area contributed by atoms with Crippen LogP contribution in [-0.2, 0) is 17.8 Å². The van der Waals surface area contributed by atoms with Crippen molar-refractivity contribution in [1.82, 2.24) is 24.8 Å². The Morgan fingerprint density at radius 2 is 1.74 bits per heavy atom. The molecule has 7 nitrogen and oxygen atoms in total. The summed E-state index contributed by atoms with van der Waals surface area (Å²) in [6.45, 7) is 5.66. The highest BCUT2D eigenvalue weighted by atomic mass is 16.5. The number of carbonyl (C=O) groups excluding carboxylic acids is 1. The Labute approximate surface area is 205 Å². The maximum Gasteiger partial charge on any atom is 0.321 e. The number of aromatic nitrogens is 3. The number of para-hydroxylation sites is 1. The van der Waals surface area contributed by atoms with E-state index in [0.29, 0.717) is 17.7 Å². The van der Waals surface area contributed by atoms with Gasteiger partial charge >= 0.3 is 6.01 Å². The first-order valence-corrected chi connectivity index (χ1v) is 12.0. The van der Waals surface area contributed by atoms with E-state index in [9.17, 15) is 4.79 Å². The minimum Gasteiger partial charge on any atom is -0.424 e. The van der Waals surface area contributed by atoms with E-state index in [4.69, 9.17) is 4.74 Å². The van der Waals surface area contributed by atoms with Crippen molar-refractivity contribution in [3.8, 4) is 11.8 Å². The maximum absolute atomic E-state index is 12.3. The Bertz CT molecular complexity index is 1290. The Balaban J connectivity index is 1.33. The lowest BCUT2D eigenvalue weighted by atomic mass is 9.96. The van der Waals surface area contributed by atoms with Gasteiger partial charge in [-0.3, -0.25) is 14.7 Å². The molecule has 3 heterocycles. The molecule has 1 aliphatic heterocycles. The maximum atomic E-state index is 12.3. The predicted molar refractivity (Wildman–Crippen MR) is 135 cm³/mol. The van der Waals surface area contributed by atoms with Gasteiger partial charge < -0.3 is 9.64 Å². The van der Waals surface area contributed by atoms with Crippen molar-refractivity contribution in [2.45, 2.75) is 19.9 Å². The van der Waals surface area contributed by atoms with Crippen molar-refractivity contribution in [3.05, 3.63) is 90.4 Å². The van der Waals surface area contributed by atoms with Crippen molar-refractivity contribution in [1.29, 1.82) is 0 Å². The Morgan fingerprint density at radius 3 is 2.60 bits per heavy atom. The second kappa shape index (κ2) is 10.6. The molecule has 7 heteroatoms. The molecule has 1 aliphatic rings. The third kappa shape index (κ3) is 5.81. The third-order valence-electron chi connectivity index (χ3n) is 6.41. The first kappa shape index (κ1) is 22.9. The van der Waals surface area contributed by atoms with Gasteiger partial charge in [0.2, 0.25) is 5.91 Å². The summed E-state index contributed by atoms with van der Waals surface area (Å²) in [6, 6.07) is 20.6.